The summed E-state index contributed by atoms with van der Waals surface area (Å²) >= 11 is 0. The van der Waals surface area contributed by atoms with E-state index >= 15 is 0 Å². The summed E-state index contributed by atoms with van der Waals surface area (Å²) in [6, 6.07) is 7.05. The highest BCUT2D eigenvalue weighted by Crippen LogP contribution is 2.24. The molecule has 0 aliphatic carbocycles. The normalized spacial score (nSPS) is 11.9. The van der Waals surface area contributed by atoms with E-state index in [-0.39, 0.29) is 24.2 Å². The Labute approximate surface area is 90.5 Å². The van der Waals surface area contributed by atoms with Gasteiger partial charge in [-0.1, -0.05) is 18.2 Å². The van der Waals surface area contributed by atoms with E-state index in [1.54, 1.807) is 12.1 Å². The first-order valence-corrected chi connectivity index (χ1v) is 4.49. The summed E-state index contributed by atoms with van der Waals surface area (Å²) in [5.74, 6) is 0.270. The highest BCUT2D eigenvalue weighted by Gasteiger charge is 2.08. The summed E-state index contributed by atoms with van der Waals surface area (Å²) in [6.07, 6.45) is 1.70. The van der Waals surface area contributed by atoms with Crippen molar-refractivity contribution in [2.45, 2.75) is 18.9 Å². The fourth-order valence-corrected chi connectivity index (χ4v) is 1.29. The van der Waals surface area contributed by atoms with Crippen LogP contribution in [0.15, 0.2) is 24.3 Å². The van der Waals surface area contributed by atoms with Crippen LogP contribution < -0.4 is 11.5 Å². The standard InChI is InChI=1S/C10H16N2O.ClH/c11-7-3-5-9(12)8-4-1-2-6-10(8)13;/h1-2,4,6,9,13H,3,5,7,11-12H2;1H/t9-;/m1./s1. The third-order valence-electron chi connectivity index (χ3n) is 2.06. The smallest absolute Gasteiger partial charge is 0.120 e. The molecule has 0 aliphatic rings. The fraction of sp³-hybridized carbons (Fsp3) is 0.400. The average molecular weight is 217 g/mol. The molecule has 0 amide bonds. The van der Waals surface area contributed by atoms with Gasteiger partial charge in [0.1, 0.15) is 5.75 Å². The molecule has 0 aromatic heterocycles. The van der Waals surface area contributed by atoms with Crippen LogP contribution in [0.1, 0.15) is 24.4 Å². The number of hydrogen-bond acceptors (Lipinski definition) is 3. The quantitative estimate of drug-likeness (QED) is 0.715. The number of aromatic hydroxyl groups is 1. The zero-order valence-corrected chi connectivity index (χ0v) is 8.83. The molecule has 0 unspecified atom stereocenters. The molecule has 14 heavy (non-hydrogen) atoms. The Kier molecular flexibility index (Phi) is 6.28. The van der Waals surface area contributed by atoms with Crippen molar-refractivity contribution in [3.8, 4) is 5.75 Å². The minimum absolute atomic E-state index is 0. The molecule has 4 heteroatoms. The van der Waals surface area contributed by atoms with Gasteiger partial charge in [0.2, 0.25) is 0 Å². The second kappa shape index (κ2) is 6.65. The molecule has 0 aliphatic heterocycles. The highest BCUT2D eigenvalue weighted by atomic mass is 35.5. The molecule has 5 N–H and O–H groups in total. The van der Waals surface area contributed by atoms with Crippen molar-refractivity contribution in [2.24, 2.45) is 11.5 Å². The molecular weight excluding hydrogens is 200 g/mol. The minimum Gasteiger partial charge on any atom is -0.508 e. The molecular formula is C10H17ClN2O. The van der Waals surface area contributed by atoms with E-state index < -0.39 is 0 Å². The van der Waals surface area contributed by atoms with E-state index in [2.05, 4.69) is 0 Å². The van der Waals surface area contributed by atoms with Crippen molar-refractivity contribution >= 4 is 12.4 Å². The van der Waals surface area contributed by atoms with E-state index in [1.165, 1.54) is 0 Å². The molecule has 80 valence electrons. The van der Waals surface area contributed by atoms with Gasteiger partial charge in [-0.15, -0.1) is 12.4 Å². The second-order valence-electron chi connectivity index (χ2n) is 3.10. The van der Waals surface area contributed by atoms with Gasteiger partial charge in [0.15, 0.2) is 0 Å². The first-order valence-electron chi connectivity index (χ1n) is 4.49. The first kappa shape index (κ1) is 13.2. The second-order valence-corrected chi connectivity index (χ2v) is 3.10. The number of nitrogens with two attached hydrogens (primary N) is 2. The Bertz CT molecular complexity index is 268. The SMILES string of the molecule is Cl.NCCC[C@@H](N)c1ccccc1O. The van der Waals surface area contributed by atoms with Gasteiger partial charge in [0, 0.05) is 11.6 Å². The van der Waals surface area contributed by atoms with Crippen molar-refractivity contribution in [1.29, 1.82) is 0 Å². The third-order valence-corrected chi connectivity index (χ3v) is 2.06. The van der Waals surface area contributed by atoms with Crippen molar-refractivity contribution < 1.29 is 5.11 Å². The van der Waals surface area contributed by atoms with Crippen molar-refractivity contribution in [3.05, 3.63) is 29.8 Å². The highest BCUT2D eigenvalue weighted by molar-refractivity contribution is 5.85. The van der Waals surface area contributed by atoms with Gasteiger partial charge < -0.3 is 16.6 Å². The van der Waals surface area contributed by atoms with E-state index in [9.17, 15) is 5.11 Å². The molecule has 0 spiro atoms. The van der Waals surface area contributed by atoms with Crippen LogP contribution in [-0.2, 0) is 0 Å². The van der Waals surface area contributed by atoms with Crippen LogP contribution in [0.5, 0.6) is 5.75 Å². The van der Waals surface area contributed by atoms with Gasteiger partial charge in [0.05, 0.1) is 0 Å². The number of phenols is 1. The van der Waals surface area contributed by atoms with Gasteiger partial charge in [-0.25, -0.2) is 0 Å². The number of phenolic OH excluding ortho intramolecular Hbond substituents is 1. The zero-order chi connectivity index (χ0) is 9.68. The van der Waals surface area contributed by atoms with E-state index in [0.29, 0.717) is 6.54 Å². The van der Waals surface area contributed by atoms with Crippen LogP contribution in [-0.4, -0.2) is 11.7 Å². The predicted octanol–water partition coefficient (Wildman–Crippen LogP) is 1.55. The molecule has 1 rings (SSSR count). The van der Waals surface area contributed by atoms with Crippen LogP contribution in [0.4, 0.5) is 0 Å². The summed E-state index contributed by atoms with van der Waals surface area (Å²) in [7, 11) is 0. The van der Waals surface area contributed by atoms with Crippen LogP contribution in [0.2, 0.25) is 0 Å². The molecule has 1 atom stereocenters. The maximum atomic E-state index is 9.47. The number of halogens is 1. The number of rotatable bonds is 4. The van der Waals surface area contributed by atoms with E-state index in [4.69, 9.17) is 11.5 Å². The summed E-state index contributed by atoms with van der Waals surface area (Å²) < 4.78 is 0. The number of para-hydroxylation sites is 1. The van der Waals surface area contributed by atoms with E-state index in [1.807, 2.05) is 12.1 Å². The minimum atomic E-state index is -0.107. The Morgan fingerprint density at radius 2 is 1.93 bits per heavy atom. The summed E-state index contributed by atoms with van der Waals surface area (Å²) in [5.41, 5.74) is 12.0. The molecule has 1 aromatic carbocycles. The number of hydrogen-bond donors (Lipinski definition) is 3. The van der Waals surface area contributed by atoms with Gasteiger partial charge in [-0.3, -0.25) is 0 Å². The average Bonchev–Trinajstić information content (AvgIpc) is 2.15. The lowest BCUT2D eigenvalue weighted by molar-refractivity contribution is 0.457. The van der Waals surface area contributed by atoms with Crippen molar-refractivity contribution in [1.82, 2.24) is 0 Å². The predicted molar refractivity (Wildman–Crippen MR) is 60.6 cm³/mol. The van der Waals surface area contributed by atoms with E-state index in [0.717, 1.165) is 18.4 Å². The maximum absolute atomic E-state index is 9.47. The molecule has 0 bridgehead atoms. The van der Waals surface area contributed by atoms with Crippen LogP contribution in [0.3, 0.4) is 0 Å². The summed E-state index contributed by atoms with van der Waals surface area (Å²) in [4.78, 5) is 0. The lowest BCUT2D eigenvalue weighted by Gasteiger charge is -2.12. The van der Waals surface area contributed by atoms with Crippen LogP contribution in [0.25, 0.3) is 0 Å². The zero-order valence-electron chi connectivity index (χ0n) is 8.02. The first-order chi connectivity index (χ1) is 6.25. The topological polar surface area (TPSA) is 72.3 Å². The third kappa shape index (κ3) is 3.54. The van der Waals surface area contributed by atoms with Crippen LogP contribution in [0, 0.1) is 0 Å². The molecule has 3 nitrogen and oxygen atoms in total. The van der Waals surface area contributed by atoms with Crippen molar-refractivity contribution in [2.75, 3.05) is 6.54 Å². The maximum Gasteiger partial charge on any atom is 0.120 e. The van der Waals surface area contributed by atoms with Gasteiger partial charge in [-0.05, 0) is 25.5 Å². The molecule has 0 saturated heterocycles. The van der Waals surface area contributed by atoms with Crippen molar-refractivity contribution in [3.63, 3.8) is 0 Å². The monoisotopic (exact) mass is 216 g/mol. The molecule has 0 fully saturated rings. The Morgan fingerprint density at radius 1 is 1.29 bits per heavy atom. The lowest BCUT2D eigenvalue weighted by atomic mass is 10.0. The molecule has 0 heterocycles. The summed E-state index contributed by atoms with van der Waals surface area (Å²) in [6.45, 7) is 0.640. The van der Waals surface area contributed by atoms with Gasteiger partial charge in [0.25, 0.3) is 0 Å². The van der Waals surface area contributed by atoms with Crippen LogP contribution >= 0.6 is 12.4 Å². The Morgan fingerprint density at radius 3 is 2.50 bits per heavy atom. The molecule has 0 radical (unpaired) electrons. The largest absolute Gasteiger partial charge is 0.508 e. The molecule has 0 saturated carbocycles. The summed E-state index contributed by atoms with van der Waals surface area (Å²) in [5, 5.41) is 9.47. The Balaban J connectivity index is 0.00000169. The van der Waals surface area contributed by atoms with Gasteiger partial charge in [-0.2, -0.15) is 0 Å². The Hall–Kier alpha value is -0.770. The van der Waals surface area contributed by atoms with Gasteiger partial charge >= 0.3 is 0 Å². The molecule has 1 aromatic rings. The number of benzene rings is 1. The fourth-order valence-electron chi connectivity index (χ4n) is 1.29. The lowest BCUT2D eigenvalue weighted by Crippen LogP contribution is -2.12.